The van der Waals surface area contributed by atoms with E-state index in [0.717, 1.165) is 19.5 Å². The smallest absolute Gasteiger partial charge is 0.220 e. The summed E-state index contributed by atoms with van der Waals surface area (Å²) in [6, 6.07) is 0.564. The molecule has 0 bridgehead atoms. The Bertz CT molecular complexity index is 406. The van der Waals surface area contributed by atoms with Crippen LogP contribution in [0, 0.1) is 5.41 Å². The number of imidazole rings is 1. The Kier molecular flexibility index (Phi) is 6.89. The van der Waals surface area contributed by atoms with Gasteiger partial charge in [0.2, 0.25) is 5.91 Å². The van der Waals surface area contributed by atoms with Crippen molar-refractivity contribution < 1.29 is 4.79 Å². The van der Waals surface area contributed by atoms with Crippen LogP contribution in [0.5, 0.6) is 0 Å². The van der Waals surface area contributed by atoms with Gasteiger partial charge in [0.05, 0.1) is 12.4 Å². The SMILES string of the molecule is CC(C)NCCCC(=O)NC(Cn1ccnc1)C(C)(C)C. The van der Waals surface area contributed by atoms with Crippen LogP contribution in [-0.4, -0.2) is 34.1 Å². The third-order valence-corrected chi connectivity index (χ3v) is 3.47. The average Bonchev–Trinajstić information content (AvgIpc) is 2.85. The molecule has 0 saturated carbocycles. The number of nitrogens with one attached hydrogen (secondary N) is 2. The lowest BCUT2D eigenvalue weighted by Crippen LogP contribution is -2.46. The second-order valence-electron chi connectivity index (χ2n) is 6.96. The molecule has 5 heteroatoms. The summed E-state index contributed by atoms with van der Waals surface area (Å²) >= 11 is 0. The lowest BCUT2D eigenvalue weighted by Gasteiger charge is -2.31. The fourth-order valence-corrected chi connectivity index (χ4v) is 2.05. The summed E-state index contributed by atoms with van der Waals surface area (Å²) in [6.45, 7) is 12.3. The normalized spacial score (nSPS) is 13.4. The molecule has 0 aliphatic heterocycles. The lowest BCUT2D eigenvalue weighted by molar-refractivity contribution is -0.122. The standard InChI is InChI=1S/C16H30N4O/c1-13(2)18-8-6-7-15(21)19-14(16(3,4)5)11-20-10-9-17-12-20/h9-10,12-14,18H,6-8,11H2,1-5H3,(H,19,21). The highest BCUT2D eigenvalue weighted by Gasteiger charge is 2.26. The number of aromatic nitrogens is 2. The monoisotopic (exact) mass is 294 g/mol. The van der Waals surface area contributed by atoms with E-state index in [4.69, 9.17) is 0 Å². The van der Waals surface area contributed by atoms with E-state index in [1.165, 1.54) is 0 Å². The zero-order valence-corrected chi connectivity index (χ0v) is 14.0. The molecule has 21 heavy (non-hydrogen) atoms. The van der Waals surface area contributed by atoms with E-state index in [2.05, 4.69) is 50.2 Å². The number of rotatable bonds is 8. The first-order valence-electron chi connectivity index (χ1n) is 7.77. The van der Waals surface area contributed by atoms with Gasteiger partial charge in [0.1, 0.15) is 0 Å². The van der Waals surface area contributed by atoms with Crippen LogP contribution in [0.2, 0.25) is 0 Å². The molecular formula is C16H30N4O. The molecule has 1 atom stereocenters. The van der Waals surface area contributed by atoms with Gasteiger partial charge in [0.15, 0.2) is 0 Å². The van der Waals surface area contributed by atoms with Gasteiger partial charge < -0.3 is 15.2 Å². The molecule has 1 heterocycles. The Morgan fingerprint density at radius 3 is 2.57 bits per heavy atom. The molecule has 0 aliphatic rings. The Balaban J connectivity index is 2.43. The molecule has 0 fully saturated rings. The highest BCUT2D eigenvalue weighted by atomic mass is 16.1. The third-order valence-electron chi connectivity index (χ3n) is 3.47. The second-order valence-corrected chi connectivity index (χ2v) is 6.96. The van der Waals surface area contributed by atoms with Crippen LogP contribution in [0.25, 0.3) is 0 Å². The van der Waals surface area contributed by atoms with E-state index in [9.17, 15) is 4.79 Å². The Labute approximate surface area is 128 Å². The number of carbonyl (C=O) groups is 1. The molecule has 0 aliphatic carbocycles. The van der Waals surface area contributed by atoms with Gasteiger partial charge in [0, 0.05) is 31.4 Å². The second kappa shape index (κ2) is 8.17. The van der Waals surface area contributed by atoms with Crippen molar-refractivity contribution in [2.24, 2.45) is 5.41 Å². The van der Waals surface area contributed by atoms with E-state index >= 15 is 0 Å². The highest BCUT2D eigenvalue weighted by Crippen LogP contribution is 2.21. The first-order valence-corrected chi connectivity index (χ1v) is 7.77. The molecule has 1 aromatic heterocycles. The van der Waals surface area contributed by atoms with Crippen LogP contribution < -0.4 is 10.6 Å². The van der Waals surface area contributed by atoms with Gasteiger partial charge in [-0.2, -0.15) is 0 Å². The van der Waals surface area contributed by atoms with E-state index in [1.54, 1.807) is 12.5 Å². The van der Waals surface area contributed by atoms with E-state index in [-0.39, 0.29) is 17.4 Å². The van der Waals surface area contributed by atoms with Gasteiger partial charge in [-0.25, -0.2) is 4.98 Å². The Hall–Kier alpha value is -1.36. The van der Waals surface area contributed by atoms with E-state index < -0.39 is 0 Å². The van der Waals surface area contributed by atoms with Gasteiger partial charge in [0.25, 0.3) is 0 Å². The summed E-state index contributed by atoms with van der Waals surface area (Å²) in [7, 11) is 0. The first kappa shape index (κ1) is 17.7. The maximum Gasteiger partial charge on any atom is 0.220 e. The maximum absolute atomic E-state index is 12.1. The fraction of sp³-hybridized carbons (Fsp3) is 0.750. The van der Waals surface area contributed by atoms with Crippen molar-refractivity contribution >= 4 is 5.91 Å². The van der Waals surface area contributed by atoms with Gasteiger partial charge in [-0.05, 0) is 18.4 Å². The van der Waals surface area contributed by atoms with Crippen LogP contribution in [-0.2, 0) is 11.3 Å². The zero-order chi connectivity index (χ0) is 15.9. The Morgan fingerprint density at radius 1 is 1.33 bits per heavy atom. The number of nitrogens with zero attached hydrogens (tertiary/aromatic N) is 2. The van der Waals surface area contributed by atoms with Gasteiger partial charge >= 0.3 is 0 Å². The van der Waals surface area contributed by atoms with Crippen molar-refractivity contribution in [1.82, 2.24) is 20.2 Å². The fourth-order valence-electron chi connectivity index (χ4n) is 2.05. The molecule has 1 aromatic rings. The van der Waals surface area contributed by atoms with E-state index in [0.29, 0.717) is 12.5 Å². The molecule has 0 spiro atoms. The average molecular weight is 294 g/mol. The maximum atomic E-state index is 12.1. The number of hydrogen-bond donors (Lipinski definition) is 2. The molecule has 120 valence electrons. The van der Waals surface area contributed by atoms with Crippen LogP contribution in [0.4, 0.5) is 0 Å². The largest absolute Gasteiger partial charge is 0.351 e. The molecular weight excluding hydrogens is 264 g/mol. The van der Waals surface area contributed by atoms with Gasteiger partial charge in [-0.15, -0.1) is 0 Å². The summed E-state index contributed by atoms with van der Waals surface area (Å²) in [4.78, 5) is 16.2. The van der Waals surface area contributed by atoms with Crippen molar-refractivity contribution in [1.29, 1.82) is 0 Å². The third kappa shape index (κ3) is 7.27. The van der Waals surface area contributed by atoms with Crippen molar-refractivity contribution in [3.8, 4) is 0 Å². The molecule has 2 N–H and O–H groups in total. The molecule has 1 unspecified atom stereocenters. The molecule has 0 aromatic carbocycles. The van der Waals surface area contributed by atoms with Crippen molar-refractivity contribution in [3.05, 3.63) is 18.7 Å². The molecule has 1 rings (SSSR count). The molecule has 0 saturated heterocycles. The molecule has 5 nitrogen and oxygen atoms in total. The minimum atomic E-state index is 0.0100. The van der Waals surface area contributed by atoms with Crippen LogP contribution in [0.15, 0.2) is 18.7 Å². The summed E-state index contributed by atoms with van der Waals surface area (Å²) in [5, 5.41) is 6.50. The number of amides is 1. The molecule has 0 radical (unpaired) electrons. The first-order chi connectivity index (χ1) is 9.79. The van der Waals surface area contributed by atoms with Crippen molar-refractivity contribution in [2.45, 2.75) is 66.1 Å². The quantitative estimate of drug-likeness (QED) is 0.723. The summed E-state index contributed by atoms with van der Waals surface area (Å²) < 4.78 is 2.01. The van der Waals surface area contributed by atoms with Gasteiger partial charge in [-0.3, -0.25) is 4.79 Å². The number of carbonyl (C=O) groups excluding carboxylic acids is 1. The van der Waals surface area contributed by atoms with Crippen LogP contribution >= 0.6 is 0 Å². The lowest BCUT2D eigenvalue weighted by atomic mass is 9.86. The van der Waals surface area contributed by atoms with Crippen LogP contribution in [0.1, 0.15) is 47.5 Å². The molecule has 1 amide bonds. The van der Waals surface area contributed by atoms with E-state index in [1.807, 2.05) is 10.8 Å². The summed E-state index contributed by atoms with van der Waals surface area (Å²) in [6.07, 6.45) is 6.91. The highest BCUT2D eigenvalue weighted by molar-refractivity contribution is 5.76. The number of hydrogen-bond acceptors (Lipinski definition) is 3. The van der Waals surface area contributed by atoms with Crippen molar-refractivity contribution in [3.63, 3.8) is 0 Å². The van der Waals surface area contributed by atoms with Crippen molar-refractivity contribution in [2.75, 3.05) is 6.54 Å². The van der Waals surface area contributed by atoms with Crippen LogP contribution in [0.3, 0.4) is 0 Å². The Morgan fingerprint density at radius 2 is 2.05 bits per heavy atom. The summed E-state index contributed by atoms with van der Waals surface area (Å²) in [5.41, 5.74) is 0.0100. The zero-order valence-electron chi connectivity index (χ0n) is 14.0. The summed E-state index contributed by atoms with van der Waals surface area (Å²) in [5.74, 6) is 0.126. The predicted molar refractivity (Wildman–Crippen MR) is 86.0 cm³/mol. The minimum Gasteiger partial charge on any atom is -0.351 e. The van der Waals surface area contributed by atoms with Gasteiger partial charge in [-0.1, -0.05) is 34.6 Å². The predicted octanol–water partition coefficient (Wildman–Crippen LogP) is 2.19. The minimum absolute atomic E-state index is 0.0100. The topological polar surface area (TPSA) is 59.0 Å².